The van der Waals surface area contributed by atoms with Crippen LogP contribution in [0.3, 0.4) is 0 Å². The monoisotopic (exact) mass is 390 g/mol. The molecule has 0 saturated carbocycles. The number of hydrogen-bond donors (Lipinski definition) is 2. The molecule has 0 fully saturated rings. The van der Waals surface area contributed by atoms with Crippen LogP contribution in [0.15, 0.2) is 42.5 Å². The van der Waals surface area contributed by atoms with E-state index in [4.69, 9.17) is 9.47 Å². The fourth-order valence-corrected chi connectivity index (χ4v) is 2.47. The van der Waals surface area contributed by atoms with Crippen molar-refractivity contribution in [2.45, 2.75) is 58.2 Å². The summed E-state index contributed by atoms with van der Waals surface area (Å²) in [6.07, 6.45) is -0.228. The largest absolute Gasteiger partial charge is 0.467 e. The number of rotatable bonds is 8. The van der Waals surface area contributed by atoms with Gasteiger partial charge in [-0.25, -0.2) is 9.59 Å². The first-order valence-electron chi connectivity index (χ1n) is 9.08. The Hall–Kier alpha value is -2.83. The van der Waals surface area contributed by atoms with E-state index in [1.54, 1.807) is 27.7 Å². The quantitative estimate of drug-likeness (QED) is 0.526. The predicted molar refractivity (Wildman–Crippen MR) is 107 cm³/mol. The van der Waals surface area contributed by atoms with Crippen LogP contribution in [0.2, 0.25) is 0 Å². The van der Waals surface area contributed by atoms with Gasteiger partial charge in [-0.05, 0) is 39.7 Å². The molecule has 0 spiro atoms. The normalized spacial score (nSPS) is 13.0. The van der Waals surface area contributed by atoms with Gasteiger partial charge in [-0.1, -0.05) is 35.9 Å². The zero-order valence-corrected chi connectivity index (χ0v) is 17.2. The van der Waals surface area contributed by atoms with Gasteiger partial charge in [0.1, 0.15) is 17.7 Å². The Morgan fingerprint density at radius 1 is 1.07 bits per heavy atom. The first-order valence-corrected chi connectivity index (χ1v) is 9.08. The molecule has 1 aromatic carbocycles. The standard InChI is InChI=1S/C21H30N2O5/c1-14(2)12-17(19(25)27-6)22-18(24)16(13-15-10-8-7-9-11-15)23-20(26)28-21(3,4)5/h7-11,16-17H,1,12-13H2,2-6H3,(H,22,24)(H,23,26)/t16-,17-/m0/s1. The number of carbonyl (C=O) groups is 3. The van der Waals surface area contributed by atoms with Crippen molar-refractivity contribution in [3.63, 3.8) is 0 Å². The number of carbonyl (C=O) groups excluding carboxylic acids is 3. The minimum absolute atomic E-state index is 0.239. The summed E-state index contributed by atoms with van der Waals surface area (Å²) in [5.74, 6) is -1.08. The number of esters is 1. The third-order valence-electron chi connectivity index (χ3n) is 3.64. The van der Waals surface area contributed by atoms with Gasteiger partial charge in [0.25, 0.3) is 0 Å². The predicted octanol–water partition coefficient (Wildman–Crippen LogP) is 2.75. The third kappa shape index (κ3) is 8.70. The van der Waals surface area contributed by atoms with Gasteiger partial charge >= 0.3 is 12.1 Å². The van der Waals surface area contributed by atoms with Crippen molar-refractivity contribution in [3.05, 3.63) is 48.0 Å². The summed E-state index contributed by atoms with van der Waals surface area (Å²) in [5.41, 5.74) is 0.871. The molecule has 28 heavy (non-hydrogen) atoms. The van der Waals surface area contributed by atoms with Crippen LogP contribution in [0.5, 0.6) is 0 Å². The smallest absolute Gasteiger partial charge is 0.408 e. The number of hydrogen-bond acceptors (Lipinski definition) is 5. The fourth-order valence-electron chi connectivity index (χ4n) is 2.47. The summed E-state index contributed by atoms with van der Waals surface area (Å²) in [6.45, 7) is 10.7. The number of amides is 2. The molecule has 0 saturated heterocycles. The van der Waals surface area contributed by atoms with E-state index >= 15 is 0 Å². The fraction of sp³-hybridized carbons (Fsp3) is 0.476. The van der Waals surface area contributed by atoms with Gasteiger partial charge in [-0.15, -0.1) is 6.58 Å². The molecule has 2 N–H and O–H groups in total. The molecule has 0 aromatic heterocycles. The summed E-state index contributed by atoms with van der Waals surface area (Å²) in [5, 5.41) is 5.23. The molecular formula is C21H30N2O5. The van der Waals surface area contributed by atoms with E-state index in [9.17, 15) is 14.4 Å². The van der Waals surface area contributed by atoms with Crippen molar-refractivity contribution in [3.8, 4) is 0 Å². The molecule has 0 bridgehead atoms. The second-order valence-corrected chi connectivity index (χ2v) is 7.63. The molecule has 7 heteroatoms. The molecule has 0 radical (unpaired) electrons. The van der Waals surface area contributed by atoms with Crippen molar-refractivity contribution in [1.82, 2.24) is 10.6 Å². The van der Waals surface area contributed by atoms with E-state index in [1.165, 1.54) is 7.11 Å². The zero-order chi connectivity index (χ0) is 21.3. The molecule has 1 rings (SSSR count). The minimum Gasteiger partial charge on any atom is -0.467 e. The van der Waals surface area contributed by atoms with Gasteiger partial charge < -0.3 is 20.1 Å². The number of methoxy groups -OCH3 is 1. The van der Waals surface area contributed by atoms with Crippen LogP contribution < -0.4 is 10.6 Å². The number of alkyl carbamates (subject to hydrolysis) is 1. The molecule has 1 aromatic rings. The Morgan fingerprint density at radius 3 is 2.18 bits per heavy atom. The second-order valence-electron chi connectivity index (χ2n) is 7.63. The van der Waals surface area contributed by atoms with E-state index in [0.717, 1.165) is 11.1 Å². The van der Waals surface area contributed by atoms with Gasteiger partial charge in [0.05, 0.1) is 7.11 Å². The maximum atomic E-state index is 12.8. The van der Waals surface area contributed by atoms with Crippen LogP contribution in [0.4, 0.5) is 4.79 Å². The van der Waals surface area contributed by atoms with Gasteiger partial charge in [0.15, 0.2) is 0 Å². The summed E-state index contributed by atoms with van der Waals surface area (Å²) >= 11 is 0. The van der Waals surface area contributed by atoms with E-state index in [0.29, 0.717) is 0 Å². The van der Waals surface area contributed by atoms with E-state index < -0.39 is 35.7 Å². The van der Waals surface area contributed by atoms with E-state index in [2.05, 4.69) is 17.2 Å². The molecule has 154 valence electrons. The van der Waals surface area contributed by atoms with Crippen LogP contribution in [0, 0.1) is 0 Å². The Morgan fingerprint density at radius 2 is 1.68 bits per heavy atom. The lowest BCUT2D eigenvalue weighted by Gasteiger charge is -2.25. The van der Waals surface area contributed by atoms with Crippen LogP contribution in [-0.2, 0) is 25.5 Å². The van der Waals surface area contributed by atoms with Crippen molar-refractivity contribution in [1.29, 1.82) is 0 Å². The summed E-state index contributed by atoms with van der Waals surface area (Å²) in [4.78, 5) is 37.0. The average Bonchev–Trinajstić information content (AvgIpc) is 2.58. The van der Waals surface area contributed by atoms with Gasteiger partial charge in [-0.2, -0.15) is 0 Å². The summed E-state index contributed by atoms with van der Waals surface area (Å²) in [6, 6.07) is 7.45. The lowest BCUT2D eigenvalue weighted by atomic mass is 10.0. The van der Waals surface area contributed by atoms with Gasteiger partial charge in [-0.3, -0.25) is 4.79 Å². The van der Waals surface area contributed by atoms with Crippen molar-refractivity contribution in [2.75, 3.05) is 7.11 Å². The van der Waals surface area contributed by atoms with Gasteiger partial charge in [0.2, 0.25) is 5.91 Å². The molecule has 0 unspecified atom stereocenters. The Bertz CT molecular complexity index is 694. The highest BCUT2D eigenvalue weighted by atomic mass is 16.6. The average molecular weight is 390 g/mol. The first-order chi connectivity index (χ1) is 13.0. The number of ether oxygens (including phenoxy) is 2. The topological polar surface area (TPSA) is 93.7 Å². The molecule has 0 aliphatic carbocycles. The van der Waals surface area contributed by atoms with Crippen LogP contribution in [-0.4, -0.2) is 42.8 Å². The lowest BCUT2D eigenvalue weighted by Crippen LogP contribution is -2.53. The van der Waals surface area contributed by atoms with Crippen molar-refractivity contribution in [2.24, 2.45) is 0 Å². The Kier molecular flexibility index (Phi) is 8.70. The number of nitrogens with one attached hydrogen (secondary N) is 2. The molecule has 2 atom stereocenters. The Balaban J connectivity index is 2.97. The molecule has 0 aliphatic rings. The SMILES string of the molecule is C=C(C)C[C@H](NC(=O)[C@H](Cc1ccccc1)NC(=O)OC(C)(C)C)C(=O)OC. The molecule has 0 aliphatic heterocycles. The lowest BCUT2D eigenvalue weighted by molar-refractivity contribution is -0.145. The van der Waals surface area contributed by atoms with Gasteiger partial charge in [0, 0.05) is 6.42 Å². The van der Waals surface area contributed by atoms with Crippen molar-refractivity contribution < 1.29 is 23.9 Å². The molecule has 2 amide bonds. The molecule has 7 nitrogen and oxygen atoms in total. The molecule has 0 heterocycles. The van der Waals surface area contributed by atoms with E-state index in [1.807, 2.05) is 30.3 Å². The summed E-state index contributed by atoms with van der Waals surface area (Å²) in [7, 11) is 1.25. The van der Waals surface area contributed by atoms with Crippen LogP contribution >= 0.6 is 0 Å². The zero-order valence-electron chi connectivity index (χ0n) is 17.2. The highest BCUT2D eigenvalue weighted by Gasteiger charge is 2.29. The maximum Gasteiger partial charge on any atom is 0.408 e. The minimum atomic E-state index is -0.922. The second kappa shape index (κ2) is 10.5. The highest BCUT2D eigenvalue weighted by Crippen LogP contribution is 2.10. The number of benzene rings is 1. The van der Waals surface area contributed by atoms with Crippen LogP contribution in [0.25, 0.3) is 0 Å². The van der Waals surface area contributed by atoms with E-state index in [-0.39, 0.29) is 12.8 Å². The Labute approximate surface area is 166 Å². The van der Waals surface area contributed by atoms with Crippen molar-refractivity contribution >= 4 is 18.0 Å². The third-order valence-corrected chi connectivity index (χ3v) is 3.64. The summed E-state index contributed by atoms with van der Waals surface area (Å²) < 4.78 is 10.0. The highest BCUT2D eigenvalue weighted by molar-refractivity contribution is 5.90. The first kappa shape index (κ1) is 23.2. The maximum absolute atomic E-state index is 12.8. The molecular weight excluding hydrogens is 360 g/mol. The van der Waals surface area contributed by atoms with Crippen LogP contribution in [0.1, 0.15) is 39.7 Å².